The van der Waals surface area contributed by atoms with Gasteiger partial charge in [-0.2, -0.15) is 4.31 Å². The first kappa shape index (κ1) is 18.4. The fourth-order valence-corrected chi connectivity index (χ4v) is 3.32. The Balaban J connectivity index is 3.28. The van der Waals surface area contributed by atoms with Gasteiger partial charge in [0.25, 0.3) is 0 Å². The summed E-state index contributed by atoms with van der Waals surface area (Å²) in [6, 6.07) is 3.50. The number of nitrogens with zero attached hydrogens (tertiary/aromatic N) is 2. The lowest BCUT2D eigenvalue weighted by molar-refractivity contribution is -0.386. The second-order valence-corrected chi connectivity index (χ2v) is 6.75. The van der Waals surface area contributed by atoms with E-state index in [1.165, 1.54) is 16.4 Å². The van der Waals surface area contributed by atoms with E-state index in [4.69, 9.17) is 16.3 Å². The monoisotopic (exact) mass is 348 g/mol. The molecule has 0 radical (unpaired) electrons. The van der Waals surface area contributed by atoms with Crippen molar-refractivity contribution in [1.29, 1.82) is 0 Å². The first-order chi connectivity index (χ1) is 10.2. The molecule has 1 rings (SSSR count). The number of nitro benzene ring substituents is 1. The zero-order valence-corrected chi connectivity index (χ0v) is 13.9. The summed E-state index contributed by atoms with van der Waals surface area (Å²) in [7, 11) is -3.78. The summed E-state index contributed by atoms with van der Waals surface area (Å²) in [5, 5.41) is 11.3. The van der Waals surface area contributed by atoms with Crippen LogP contribution in [0.15, 0.2) is 34.7 Å². The number of ether oxygens (including phenoxy) is 1. The Morgan fingerprint density at radius 3 is 2.45 bits per heavy atom. The largest absolute Gasteiger partial charge is 0.481 e. The molecule has 0 aliphatic carbocycles. The van der Waals surface area contributed by atoms with Crippen LogP contribution in [0.1, 0.15) is 13.8 Å². The van der Waals surface area contributed by atoms with Gasteiger partial charge in [-0.3, -0.25) is 10.1 Å². The van der Waals surface area contributed by atoms with Gasteiger partial charge >= 0.3 is 5.69 Å². The molecule has 0 atom stereocenters. The second-order valence-electron chi connectivity index (χ2n) is 4.28. The summed E-state index contributed by atoms with van der Waals surface area (Å²) in [4.78, 5) is 10.3. The molecule has 0 spiro atoms. The van der Waals surface area contributed by atoms with Crippen molar-refractivity contribution < 1.29 is 18.1 Å². The van der Waals surface area contributed by atoms with Gasteiger partial charge in [0.15, 0.2) is 5.75 Å². The van der Waals surface area contributed by atoms with E-state index in [2.05, 4.69) is 6.58 Å². The van der Waals surface area contributed by atoms with Crippen LogP contribution in [-0.4, -0.2) is 37.3 Å². The molecule has 0 aliphatic rings. The number of sulfonamides is 1. The second kappa shape index (κ2) is 7.57. The summed E-state index contributed by atoms with van der Waals surface area (Å²) in [5.74, 6) is -0.0645. The van der Waals surface area contributed by atoms with Gasteiger partial charge in [-0.05, 0) is 12.1 Å². The fourth-order valence-electron chi connectivity index (χ4n) is 1.79. The van der Waals surface area contributed by atoms with Gasteiger partial charge in [0.1, 0.15) is 6.61 Å². The van der Waals surface area contributed by atoms with Crippen molar-refractivity contribution in [3.05, 3.63) is 39.9 Å². The summed E-state index contributed by atoms with van der Waals surface area (Å²) >= 11 is 5.55. The molecule has 0 saturated carbocycles. The third kappa shape index (κ3) is 4.19. The molecule has 0 fully saturated rings. The maximum atomic E-state index is 12.4. The number of benzene rings is 1. The minimum atomic E-state index is -3.78. The molecule has 0 aromatic heterocycles. The van der Waals surface area contributed by atoms with Gasteiger partial charge in [-0.15, -0.1) is 0 Å². The van der Waals surface area contributed by atoms with Gasteiger partial charge in [-0.1, -0.05) is 32.0 Å². The van der Waals surface area contributed by atoms with E-state index in [0.717, 1.165) is 6.07 Å². The van der Waals surface area contributed by atoms with Crippen molar-refractivity contribution in [3.8, 4) is 5.75 Å². The molecule has 0 heterocycles. The van der Waals surface area contributed by atoms with E-state index in [1.54, 1.807) is 13.8 Å². The topological polar surface area (TPSA) is 89.8 Å². The van der Waals surface area contributed by atoms with Gasteiger partial charge in [-0.25, -0.2) is 8.42 Å². The van der Waals surface area contributed by atoms with Crippen LogP contribution in [-0.2, 0) is 10.0 Å². The Kier molecular flexibility index (Phi) is 6.34. The Labute approximate surface area is 134 Å². The summed E-state index contributed by atoms with van der Waals surface area (Å²) in [6.07, 6.45) is 0. The van der Waals surface area contributed by atoms with Crippen LogP contribution in [0.4, 0.5) is 5.69 Å². The number of rotatable bonds is 8. The maximum Gasteiger partial charge on any atom is 0.312 e. The maximum absolute atomic E-state index is 12.4. The van der Waals surface area contributed by atoms with E-state index < -0.39 is 20.6 Å². The third-order valence-corrected chi connectivity index (χ3v) is 5.01. The summed E-state index contributed by atoms with van der Waals surface area (Å²) < 4.78 is 31.1. The lowest BCUT2D eigenvalue weighted by Gasteiger charge is -2.18. The molecule has 9 heteroatoms. The normalized spacial score (nSPS) is 11.5. The Hall–Kier alpha value is -1.64. The van der Waals surface area contributed by atoms with E-state index in [0.29, 0.717) is 0 Å². The molecular formula is C13H17ClN2O5S. The molecule has 1 aromatic rings. The number of hydrogen-bond donors (Lipinski definition) is 0. The molecule has 0 unspecified atom stereocenters. The van der Waals surface area contributed by atoms with Crippen molar-refractivity contribution in [2.24, 2.45) is 0 Å². The summed E-state index contributed by atoms with van der Waals surface area (Å²) in [5.41, 5.74) is -0.439. The molecular weight excluding hydrogens is 332 g/mol. The standard InChI is InChI=1S/C13H17ClN2O5S/c1-4-15(5-2)22(19,20)11-6-7-13(21-9-10(3)14)12(8-11)16(17)18/h6-8H,3-5,9H2,1-2H3. The highest BCUT2D eigenvalue weighted by Gasteiger charge is 2.26. The SMILES string of the molecule is C=C(Cl)COc1ccc(S(=O)(=O)N(CC)CC)cc1[N+](=O)[O-]. The first-order valence-electron chi connectivity index (χ1n) is 6.48. The minimum absolute atomic E-state index is 0.0645. The molecule has 0 amide bonds. The molecule has 22 heavy (non-hydrogen) atoms. The molecule has 122 valence electrons. The molecule has 0 N–H and O–H groups in total. The summed E-state index contributed by atoms with van der Waals surface area (Å²) in [6.45, 7) is 7.24. The van der Waals surface area contributed by atoms with Crippen molar-refractivity contribution in [2.45, 2.75) is 18.7 Å². The van der Waals surface area contributed by atoms with E-state index in [9.17, 15) is 18.5 Å². The quantitative estimate of drug-likeness (QED) is 0.532. The highest BCUT2D eigenvalue weighted by molar-refractivity contribution is 7.89. The van der Waals surface area contributed by atoms with E-state index in [1.807, 2.05) is 0 Å². The van der Waals surface area contributed by atoms with E-state index >= 15 is 0 Å². The van der Waals surface area contributed by atoms with Crippen LogP contribution in [0.5, 0.6) is 5.75 Å². The highest BCUT2D eigenvalue weighted by Crippen LogP contribution is 2.31. The predicted molar refractivity (Wildman–Crippen MR) is 83.7 cm³/mol. The first-order valence-corrected chi connectivity index (χ1v) is 8.30. The van der Waals surface area contributed by atoms with Crippen molar-refractivity contribution in [2.75, 3.05) is 19.7 Å². The smallest absolute Gasteiger partial charge is 0.312 e. The zero-order valence-electron chi connectivity index (χ0n) is 12.3. The lowest BCUT2D eigenvalue weighted by atomic mass is 10.3. The Bertz CT molecular complexity index is 671. The van der Waals surface area contributed by atoms with Crippen LogP contribution in [0.2, 0.25) is 0 Å². The molecule has 0 saturated heterocycles. The van der Waals surface area contributed by atoms with Gasteiger partial charge in [0, 0.05) is 24.2 Å². The average molecular weight is 349 g/mol. The zero-order chi connectivity index (χ0) is 16.9. The number of hydrogen-bond acceptors (Lipinski definition) is 5. The molecule has 1 aromatic carbocycles. The average Bonchev–Trinajstić information content (AvgIpc) is 2.45. The Morgan fingerprint density at radius 1 is 1.41 bits per heavy atom. The minimum Gasteiger partial charge on any atom is -0.481 e. The molecule has 0 aliphatic heterocycles. The fraction of sp³-hybridized carbons (Fsp3) is 0.385. The highest BCUT2D eigenvalue weighted by atomic mass is 35.5. The predicted octanol–water partition coefficient (Wildman–Crippen LogP) is 2.76. The van der Waals surface area contributed by atoms with Gasteiger partial charge in [0.2, 0.25) is 10.0 Å². The van der Waals surface area contributed by atoms with Crippen LogP contribution in [0, 0.1) is 10.1 Å². The van der Waals surface area contributed by atoms with Crippen LogP contribution < -0.4 is 4.74 Å². The van der Waals surface area contributed by atoms with Crippen molar-refractivity contribution >= 4 is 27.3 Å². The van der Waals surface area contributed by atoms with Crippen LogP contribution in [0.25, 0.3) is 0 Å². The Morgan fingerprint density at radius 2 is 2.00 bits per heavy atom. The van der Waals surface area contributed by atoms with Gasteiger partial charge in [0.05, 0.1) is 9.82 Å². The number of nitro groups is 1. The van der Waals surface area contributed by atoms with Crippen LogP contribution in [0.3, 0.4) is 0 Å². The number of halogens is 1. The van der Waals surface area contributed by atoms with Crippen molar-refractivity contribution in [3.63, 3.8) is 0 Å². The molecule has 0 bridgehead atoms. The van der Waals surface area contributed by atoms with Gasteiger partial charge < -0.3 is 4.74 Å². The lowest BCUT2D eigenvalue weighted by Crippen LogP contribution is -2.30. The van der Waals surface area contributed by atoms with E-state index in [-0.39, 0.29) is 35.4 Å². The van der Waals surface area contributed by atoms with Crippen molar-refractivity contribution in [1.82, 2.24) is 4.31 Å². The third-order valence-electron chi connectivity index (χ3n) is 2.85. The molecule has 7 nitrogen and oxygen atoms in total. The van der Waals surface area contributed by atoms with Crippen LogP contribution >= 0.6 is 11.6 Å².